The van der Waals surface area contributed by atoms with Gasteiger partial charge in [0.15, 0.2) is 0 Å². The molecule has 15 heavy (non-hydrogen) atoms. The molecule has 2 heterocycles. The van der Waals surface area contributed by atoms with E-state index < -0.39 is 0 Å². The molecule has 4 nitrogen and oxygen atoms in total. The second-order valence-electron chi connectivity index (χ2n) is 3.70. The van der Waals surface area contributed by atoms with Crippen molar-refractivity contribution >= 4 is 17.5 Å². The third-order valence-corrected chi connectivity index (χ3v) is 2.73. The minimum Gasteiger partial charge on any atom is -0.353 e. The Morgan fingerprint density at radius 3 is 2.60 bits per heavy atom. The minimum absolute atomic E-state index is 0.570. The zero-order valence-electron chi connectivity index (χ0n) is 8.62. The average molecular weight is 227 g/mol. The highest BCUT2D eigenvalue weighted by Gasteiger charge is 2.10. The summed E-state index contributed by atoms with van der Waals surface area (Å²) in [6.45, 7) is 4.40. The van der Waals surface area contributed by atoms with E-state index in [0.717, 1.165) is 13.1 Å². The van der Waals surface area contributed by atoms with Gasteiger partial charge in [0.05, 0.1) is 17.4 Å². The van der Waals surface area contributed by atoms with E-state index in [4.69, 9.17) is 11.6 Å². The lowest BCUT2D eigenvalue weighted by Crippen LogP contribution is -2.26. The van der Waals surface area contributed by atoms with Crippen molar-refractivity contribution in [1.82, 2.24) is 14.9 Å². The van der Waals surface area contributed by atoms with Gasteiger partial charge in [-0.3, -0.25) is 0 Å². The van der Waals surface area contributed by atoms with Crippen LogP contribution in [0.5, 0.6) is 0 Å². The molecule has 0 bridgehead atoms. The smallest absolute Gasteiger partial charge is 0.222 e. The van der Waals surface area contributed by atoms with Crippen molar-refractivity contribution in [2.75, 3.05) is 31.5 Å². The van der Waals surface area contributed by atoms with Gasteiger partial charge in [-0.15, -0.1) is 0 Å². The van der Waals surface area contributed by atoms with Crippen molar-refractivity contribution in [3.8, 4) is 0 Å². The number of anilines is 1. The van der Waals surface area contributed by atoms with Crippen LogP contribution in [-0.2, 0) is 0 Å². The number of halogens is 1. The van der Waals surface area contributed by atoms with Crippen LogP contribution in [0.25, 0.3) is 0 Å². The summed E-state index contributed by atoms with van der Waals surface area (Å²) in [5.74, 6) is 0.651. The van der Waals surface area contributed by atoms with Crippen molar-refractivity contribution in [2.24, 2.45) is 0 Å². The fraction of sp³-hybridized carbons (Fsp3) is 0.600. The summed E-state index contributed by atoms with van der Waals surface area (Å²) in [5.41, 5.74) is 0. The number of aromatic nitrogens is 2. The van der Waals surface area contributed by atoms with E-state index in [1.807, 2.05) is 0 Å². The molecular weight excluding hydrogens is 212 g/mol. The maximum Gasteiger partial charge on any atom is 0.222 e. The van der Waals surface area contributed by atoms with E-state index in [9.17, 15) is 0 Å². The fourth-order valence-corrected chi connectivity index (χ4v) is 1.83. The first-order valence-electron chi connectivity index (χ1n) is 5.28. The van der Waals surface area contributed by atoms with E-state index in [1.165, 1.54) is 25.9 Å². The monoisotopic (exact) mass is 226 g/mol. The Balaban J connectivity index is 1.71. The summed E-state index contributed by atoms with van der Waals surface area (Å²) >= 11 is 5.69. The normalized spacial score (nSPS) is 16.9. The SMILES string of the molecule is Clc1cnc(NCCN2CCCC2)nc1. The molecule has 2 rings (SSSR count). The van der Waals surface area contributed by atoms with E-state index >= 15 is 0 Å². The molecule has 0 spiro atoms. The van der Waals surface area contributed by atoms with Crippen LogP contribution in [0.1, 0.15) is 12.8 Å². The second-order valence-corrected chi connectivity index (χ2v) is 4.14. The van der Waals surface area contributed by atoms with Gasteiger partial charge < -0.3 is 10.2 Å². The molecule has 1 saturated heterocycles. The largest absolute Gasteiger partial charge is 0.353 e. The summed E-state index contributed by atoms with van der Waals surface area (Å²) in [5, 5.41) is 3.75. The molecule has 0 atom stereocenters. The van der Waals surface area contributed by atoms with Gasteiger partial charge in [0.1, 0.15) is 0 Å². The van der Waals surface area contributed by atoms with Crippen LogP contribution in [0, 0.1) is 0 Å². The molecule has 1 N–H and O–H groups in total. The zero-order chi connectivity index (χ0) is 10.5. The predicted molar refractivity (Wildman–Crippen MR) is 61.2 cm³/mol. The van der Waals surface area contributed by atoms with Crippen LogP contribution in [-0.4, -0.2) is 41.0 Å². The van der Waals surface area contributed by atoms with E-state index in [0.29, 0.717) is 11.0 Å². The molecule has 1 fully saturated rings. The van der Waals surface area contributed by atoms with Gasteiger partial charge >= 0.3 is 0 Å². The lowest BCUT2D eigenvalue weighted by Gasteiger charge is -2.14. The first-order chi connectivity index (χ1) is 7.34. The molecule has 0 amide bonds. The Morgan fingerprint density at radius 1 is 1.27 bits per heavy atom. The molecule has 1 aliphatic heterocycles. The summed E-state index contributed by atoms with van der Waals surface area (Å²) in [6, 6.07) is 0. The average Bonchev–Trinajstić information content (AvgIpc) is 2.74. The second kappa shape index (κ2) is 5.28. The fourth-order valence-electron chi connectivity index (χ4n) is 1.74. The third kappa shape index (κ3) is 3.32. The van der Waals surface area contributed by atoms with Crippen molar-refractivity contribution in [2.45, 2.75) is 12.8 Å². The quantitative estimate of drug-likeness (QED) is 0.848. The van der Waals surface area contributed by atoms with Crippen LogP contribution in [0.3, 0.4) is 0 Å². The molecule has 5 heteroatoms. The van der Waals surface area contributed by atoms with Gasteiger partial charge in [-0.05, 0) is 25.9 Å². The first kappa shape index (κ1) is 10.6. The Bertz CT molecular complexity index is 295. The molecule has 82 valence electrons. The Morgan fingerprint density at radius 2 is 1.93 bits per heavy atom. The molecule has 0 saturated carbocycles. The maximum absolute atomic E-state index is 5.69. The Kier molecular flexibility index (Phi) is 3.75. The van der Waals surface area contributed by atoms with Crippen molar-refractivity contribution in [1.29, 1.82) is 0 Å². The Labute approximate surface area is 94.7 Å². The van der Waals surface area contributed by atoms with E-state index in [1.54, 1.807) is 12.4 Å². The zero-order valence-corrected chi connectivity index (χ0v) is 9.37. The highest BCUT2D eigenvalue weighted by Crippen LogP contribution is 2.07. The predicted octanol–water partition coefficient (Wildman–Crippen LogP) is 1.64. The molecule has 0 unspecified atom stereocenters. The number of likely N-dealkylation sites (tertiary alicyclic amines) is 1. The molecule has 1 aliphatic rings. The highest BCUT2D eigenvalue weighted by atomic mass is 35.5. The van der Waals surface area contributed by atoms with Crippen molar-refractivity contribution in [3.63, 3.8) is 0 Å². The number of hydrogen-bond donors (Lipinski definition) is 1. The summed E-state index contributed by atoms with van der Waals surface area (Å²) in [6.07, 6.45) is 5.87. The molecule has 0 aromatic carbocycles. The molecule has 1 aromatic heterocycles. The Hall–Kier alpha value is -0.870. The van der Waals surface area contributed by atoms with E-state index in [2.05, 4.69) is 20.2 Å². The van der Waals surface area contributed by atoms with Crippen LogP contribution in [0.4, 0.5) is 5.95 Å². The number of hydrogen-bond acceptors (Lipinski definition) is 4. The maximum atomic E-state index is 5.69. The highest BCUT2D eigenvalue weighted by molar-refractivity contribution is 6.30. The van der Waals surface area contributed by atoms with Crippen molar-refractivity contribution < 1.29 is 0 Å². The number of nitrogens with one attached hydrogen (secondary N) is 1. The number of rotatable bonds is 4. The van der Waals surface area contributed by atoms with Gasteiger partial charge in [-0.25, -0.2) is 9.97 Å². The van der Waals surface area contributed by atoms with Gasteiger partial charge in [-0.2, -0.15) is 0 Å². The van der Waals surface area contributed by atoms with Crippen LogP contribution >= 0.6 is 11.6 Å². The molecule has 0 aliphatic carbocycles. The number of nitrogens with zero attached hydrogens (tertiary/aromatic N) is 3. The molecule has 1 aromatic rings. The minimum atomic E-state index is 0.570. The molecular formula is C10H15ClN4. The topological polar surface area (TPSA) is 41.1 Å². The van der Waals surface area contributed by atoms with Gasteiger partial charge in [-0.1, -0.05) is 11.6 Å². The third-order valence-electron chi connectivity index (χ3n) is 2.53. The van der Waals surface area contributed by atoms with Crippen molar-refractivity contribution in [3.05, 3.63) is 17.4 Å². The van der Waals surface area contributed by atoms with Gasteiger partial charge in [0.2, 0.25) is 5.95 Å². The molecule has 0 radical (unpaired) electrons. The lowest BCUT2D eigenvalue weighted by molar-refractivity contribution is 0.352. The summed E-state index contributed by atoms with van der Waals surface area (Å²) in [4.78, 5) is 10.6. The first-order valence-corrected chi connectivity index (χ1v) is 5.66. The van der Waals surface area contributed by atoms with Crippen LogP contribution in [0.15, 0.2) is 12.4 Å². The summed E-state index contributed by atoms with van der Waals surface area (Å²) in [7, 11) is 0. The van der Waals surface area contributed by atoms with Crippen LogP contribution < -0.4 is 5.32 Å². The van der Waals surface area contributed by atoms with E-state index in [-0.39, 0.29) is 0 Å². The van der Waals surface area contributed by atoms with Crippen LogP contribution in [0.2, 0.25) is 5.02 Å². The lowest BCUT2D eigenvalue weighted by atomic mass is 10.4. The van der Waals surface area contributed by atoms with Gasteiger partial charge in [0.25, 0.3) is 0 Å². The standard InChI is InChI=1S/C10H15ClN4/c11-9-7-13-10(14-8-9)12-3-6-15-4-1-2-5-15/h7-8H,1-6H2,(H,12,13,14). The van der Waals surface area contributed by atoms with Gasteiger partial charge in [0, 0.05) is 13.1 Å². The summed E-state index contributed by atoms with van der Waals surface area (Å²) < 4.78 is 0.